The largest absolute Gasteiger partial charge is 0.508 e. The van der Waals surface area contributed by atoms with Crippen molar-refractivity contribution in [3.8, 4) is 5.75 Å². The zero-order valence-electron chi connectivity index (χ0n) is 25.6. The van der Waals surface area contributed by atoms with E-state index < -0.39 is 92.0 Å². The fourth-order valence-corrected chi connectivity index (χ4v) is 6.03. The number of phenols is 1. The van der Waals surface area contributed by atoms with Crippen LogP contribution in [0.5, 0.6) is 5.75 Å². The van der Waals surface area contributed by atoms with Gasteiger partial charge in [-0.05, 0) is 38.3 Å². The Balaban J connectivity index is 1.46. The van der Waals surface area contributed by atoms with E-state index in [2.05, 4.69) is 10.6 Å². The van der Waals surface area contributed by atoms with Crippen LogP contribution in [0.2, 0.25) is 0 Å². The molecule has 262 valence electrons. The van der Waals surface area contributed by atoms with Crippen molar-refractivity contribution < 1.29 is 54.4 Å². The maximum Gasteiger partial charge on any atom is 0.249 e. The summed E-state index contributed by atoms with van der Waals surface area (Å²) in [6, 6.07) is 3.31. The molecule has 2 saturated heterocycles. The van der Waals surface area contributed by atoms with Crippen LogP contribution in [0.25, 0.3) is 0 Å². The number of aliphatic hydroxyl groups is 5. The van der Waals surface area contributed by atoms with Crippen molar-refractivity contribution in [2.75, 3.05) is 19.7 Å². The molecule has 0 bridgehead atoms. The van der Waals surface area contributed by atoms with Gasteiger partial charge >= 0.3 is 0 Å². The van der Waals surface area contributed by atoms with Gasteiger partial charge in [0.2, 0.25) is 5.91 Å². The number of carbonyl (C=O) groups is 1. The Morgan fingerprint density at radius 1 is 0.978 bits per heavy atom. The van der Waals surface area contributed by atoms with Gasteiger partial charge in [-0.25, -0.2) is 0 Å². The van der Waals surface area contributed by atoms with E-state index in [0.717, 1.165) is 5.56 Å². The van der Waals surface area contributed by atoms with Crippen molar-refractivity contribution in [1.82, 2.24) is 10.6 Å². The lowest BCUT2D eigenvalue weighted by molar-refractivity contribution is -0.314. The lowest BCUT2D eigenvalue weighted by Gasteiger charge is -2.48. The van der Waals surface area contributed by atoms with E-state index in [1.165, 1.54) is 0 Å². The molecule has 0 aromatic heterocycles. The molecule has 1 aromatic rings. The first-order valence-electron chi connectivity index (χ1n) is 15.6. The highest BCUT2D eigenvalue weighted by Crippen LogP contribution is 2.31. The molecule has 1 amide bonds. The van der Waals surface area contributed by atoms with Crippen LogP contribution in [0.1, 0.15) is 31.2 Å². The number of hydrogen-bond donors (Lipinski definition) is 12. The standard InChI is InChI=1S/C29H50N6O11/c30-8-7-19(38)27(42)35-17-9-16(32)25(24(41)26(17)46-29-23(40)21(33)22(39)20(12-36)44-29)45-28-15(31)6-5-14(43-28)11-34-10-13-3-1-2-4-18(13)37/h1-4,14-17,19-26,28-29,34,36-41H,5-12,30-33H2,(H,35,42)/t14?,15?,16-,17+,19-,20?,21-,22+,23?,24?,25?,26-,28+,29+/m0/s1. The van der Waals surface area contributed by atoms with Crippen molar-refractivity contribution in [3.05, 3.63) is 29.8 Å². The number of ether oxygens (including phenoxy) is 4. The molecule has 17 heteroatoms. The summed E-state index contributed by atoms with van der Waals surface area (Å²) >= 11 is 0. The average molecular weight is 659 g/mol. The van der Waals surface area contributed by atoms with Crippen molar-refractivity contribution in [1.29, 1.82) is 0 Å². The van der Waals surface area contributed by atoms with Crippen molar-refractivity contribution in [2.45, 2.75) is 118 Å². The highest BCUT2D eigenvalue weighted by atomic mass is 16.7. The van der Waals surface area contributed by atoms with Gasteiger partial charge in [-0.15, -0.1) is 0 Å². The van der Waals surface area contributed by atoms with Crippen molar-refractivity contribution in [2.24, 2.45) is 22.9 Å². The monoisotopic (exact) mass is 658 g/mol. The number of aromatic hydroxyl groups is 1. The SMILES string of the molecule is NCC[C@H](O)C(=O)N[C@@H]1C[C@H](N)C(O[C@H]2OC(CNCc3ccccc3O)CCC2N)C(O)[C@H]1O[C@H]1OC(CO)[C@@H](O)[C@H](N)C1O. The van der Waals surface area contributed by atoms with Gasteiger partial charge in [0.25, 0.3) is 0 Å². The molecule has 14 atom stereocenters. The second kappa shape index (κ2) is 16.8. The van der Waals surface area contributed by atoms with Crippen molar-refractivity contribution in [3.63, 3.8) is 0 Å². The van der Waals surface area contributed by atoms with Crippen LogP contribution in [-0.4, -0.2) is 142 Å². The smallest absolute Gasteiger partial charge is 0.249 e. The van der Waals surface area contributed by atoms with Crippen LogP contribution in [0.3, 0.4) is 0 Å². The Morgan fingerprint density at radius 3 is 2.39 bits per heavy atom. The third kappa shape index (κ3) is 8.88. The first-order valence-corrected chi connectivity index (χ1v) is 15.6. The summed E-state index contributed by atoms with van der Waals surface area (Å²) in [4.78, 5) is 12.7. The number of carbonyl (C=O) groups excluding carboxylic acids is 1. The van der Waals surface area contributed by atoms with Gasteiger partial charge in [-0.3, -0.25) is 4.79 Å². The maximum absolute atomic E-state index is 12.7. The fraction of sp³-hybridized carbons (Fsp3) is 0.759. The minimum atomic E-state index is -1.57. The number of para-hydroxylation sites is 1. The summed E-state index contributed by atoms with van der Waals surface area (Å²) in [7, 11) is 0. The van der Waals surface area contributed by atoms with Crippen LogP contribution in [0.15, 0.2) is 24.3 Å². The molecule has 0 spiro atoms. The van der Waals surface area contributed by atoms with Crippen LogP contribution in [-0.2, 0) is 30.3 Å². The third-order valence-corrected chi connectivity index (χ3v) is 8.79. The fourth-order valence-electron chi connectivity index (χ4n) is 6.03. The molecule has 6 unspecified atom stereocenters. The first-order chi connectivity index (χ1) is 21.9. The summed E-state index contributed by atoms with van der Waals surface area (Å²) in [5, 5.41) is 68.3. The first kappa shape index (κ1) is 36.8. The van der Waals surface area contributed by atoms with Crippen LogP contribution in [0.4, 0.5) is 0 Å². The maximum atomic E-state index is 12.7. The molecule has 17 nitrogen and oxygen atoms in total. The van der Waals surface area contributed by atoms with Crippen molar-refractivity contribution >= 4 is 5.91 Å². The summed E-state index contributed by atoms with van der Waals surface area (Å²) in [5.74, 6) is -0.593. The van der Waals surface area contributed by atoms with Gasteiger partial charge < -0.3 is 83.2 Å². The zero-order valence-corrected chi connectivity index (χ0v) is 25.6. The normalized spacial score (nSPS) is 39.1. The van der Waals surface area contributed by atoms with Gasteiger partial charge in [-0.1, -0.05) is 18.2 Å². The second-order valence-electron chi connectivity index (χ2n) is 12.2. The third-order valence-electron chi connectivity index (χ3n) is 8.79. The second-order valence-corrected chi connectivity index (χ2v) is 12.2. The topological polar surface area (TPSA) is 304 Å². The number of amides is 1. The van der Waals surface area contributed by atoms with Crippen LogP contribution >= 0.6 is 0 Å². The molecule has 1 saturated carbocycles. The summed E-state index contributed by atoms with van der Waals surface area (Å²) in [6.45, 7) is 0.265. The van der Waals surface area contributed by atoms with E-state index >= 15 is 0 Å². The highest BCUT2D eigenvalue weighted by molar-refractivity contribution is 5.80. The van der Waals surface area contributed by atoms with Crippen LogP contribution in [0, 0.1) is 0 Å². The van der Waals surface area contributed by atoms with E-state index in [0.29, 0.717) is 25.9 Å². The molecule has 0 radical (unpaired) electrons. The molecule has 3 aliphatic rings. The van der Waals surface area contributed by atoms with E-state index in [1.54, 1.807) is 12.1 Å². The van der Waals surface area contributed by atoms with Gasteiger partial charge in [-0.2, -0.15) is 0 Å². The van der Waals surface area contributed by atoms with E-state index in [1.807, 2.05) is 12.1 Å². The Morgan fingerprint density at radius 2 is 1.70 bits per heavy atom. The number of aliphatic hydroxyl groups excluding tert-OH is 5. The molecule has 46 heavy (non-hydrogen) atoms. The van der Waals surface area contributed by atoms with Gasteiger partial charge in [0.15, 0.2) is 12.6 Å². The summed E-state index contributed by atoms with van der Waals surface area (Å²) in [5.41, 5.74) is 24.9. The lowest BCUT2D eigenvalue weighted by atomic mass is 9.83. The Labute approximate surface area is 267 Å². The van der Waals surface area contributed by atoms with Gasteiger partial charge in [0.1, 0.15) is 48.5 Å². The van der Waals surface area contributed by atoms with E-state index in [-0.39, 0.29) is 31.2 Å². The molecule has 2 aliphatic heterocycles. The van der Waals surface area contributed by atoms with Gasteiger partial charge in [0, 0.05) is 24.7 Å². The number of nitrogens with one attached hydrogen (secondary N) is 2. The Hall–Kier alpha value is -2.07. The number of hydrogen-bond acceptors (Lipinski definition) is 16. The molecule has 2 heterocycles. The molecule has 4 rings (SSSR count). The van der Waals surface area contributed by atoms with Gasteiger partial charge in [0.05, 0.1) is 30.8 Å². The lowest BCUT2D eigenvalue weighted by Crippen LogP contribution is -2.69. The van der Waals surface area contributed by atoms with Crippen LogP contribution < -0.4 is 33.6 Å². The molecular weight excluding hydrogens is 608 g/mol. The molecule has 3 fully saturated rings. The van der Waals surface area contributed by atoms with E-state index in [9.17, 15) is 35.4 Å². The molecule has 16 N–H and O–H groups in total. The highest BCUT2D eigenvalue weighted by Gasteiger charge is 2.51. The van der Waals surface area contributed by atoms with E-state index in [4.69, 9.17) is 41.9 Å². The molecule has 1 aliphatic carbocycles. The predicted octanol–water partition coefficient (Wildman–Crippen LogP) is -4.86. The molecule has 1 aromatic carbocycles. The average Bonchev–Trinajstić information content (AvgIpc) is 3.03. The minimum Gasteiger partial charge on any atom is -0.508 e. The molecular formula is C29H50N6O11. The summed E-state index contributed by atoms with van der Waals surface area (Å²) in [6.07, 6.45) is -11.2. The number of rotatable bonds is 13. The summed E-state index contributed by atoms with van der Waals surface area (Å²) < 4.78 is 23.9. The minimum absolute atomic E-state index is 0.00190. The quantitative estimate of drug-likeness (QED) is 0.0945. The number of benzene rings is 1. The Bertz CT molecular complexity index is 1110. The number of nitrogens with two attached hydrogens (primary N) is 4. The predicted molar refractivity (Wildman–Crippen MR) is 161 cm³/mol. The zero-order chi connectivity index (χ0) is 33.5. The number of phenolic OH excluding ortho intramolecular Hbond substituents is 1. The Kier molecular flexibility index (Phi) is 13.5.